The minimum atomic E-state index is -0.376. The quantitative estimate of drug-likeness (QED) is 0.417. The first-order valence-corrected chi connectivity index (χ1v) is 10.2. The number of hydrogen-bond acceptors (Lipinski definition) is 6. The second kappa shape index (κ2) is 8.98. The molecule has 0 radical (unpaired) electrons. The van der Waals surface area contributed by atoms with Crippen LogP contribution in [0.2, 0.25) is 0 Å². The predicted octanol–water partition coefficient (Wildman–Crippen LogP) is 5.31. The Morgan fingerprint density at radius 1 is 1.03 bits per heavy atom. The van der Waals surface area contributed by atoms with Crippen LogP contribution < -0.4 is 10.2 Å². The molecule has 1 N–H and O–H groups in total. The first-order valence-electron chi connectivity index (χ1n) is 10.2. The summed E-state index contributed by atoms with van der Waals surface area (Å²) in [5, 5.41) is 9.88. The van der Waals surface area contributed by atoms with Gasteiger partial charge in [0, 0.05) is 6.07 Å². The molecule has 4 rings (SSSR count). The number of ether oxygens (including phenoxy) is 2. The monoisotopic (exact) mass is 430 g/mol. The van der Waals surface area contributed by atoms with Gasteiger partial charge in [0.25, 0.3) is 0 Å². The molecule has 0 saturated carbocycles. The van der Waals surface area contributed by atoms with E-state index in [-0.39, 0.29) is 29.9 Å². The van der Waals surface area contributed by atoms with Gasteiger partial charge in [0.15, 0.2) is 5.43 Å². The van der Waals surface area contributed by atoms with E-state index in [9.17, 15) is 14.7 Å². The lowest BCUT2D eigenvalue weighted by molar-refractivity contribution is 0.0377. The van der Waals surface area contributed by atoms with Crippen LogP contribution in [-0.4, -0.2) is 17.2 Å². The highest BCUT2D eigenvalue weighted by Crippen LogP contribution is 2.25. The summed E-state index contributed by atoms with van der Waals surface area (Å²) in [4.78, 5) is 25.0. The minimum Gasteiger partial charge on any atom is -0.508 e. The van der Waals surface area contributed by atoms with Gasteiger partial charge in [0.1, 0.15) is 30.0 Å². The number of rotatable bonds is 6. The Bertz CT molecular complexity index is 1320. The Labute approximate surface area is 184 Å². The highest BCUT2D eigenvalue weighted by molar-refractivity contribution is 5.89. The van der Waals surface area contributed by atoms with Crippen molar-refractivity contribution in [3.63, 3.8) is 0 Å². The third-order valence-electron chi connectivity index (χ3n) is 4.84. The second-order valence-electron chi connectivity index (χ2n) is 7.63. The summed E-state index contributed by atoms with van der Waals surface area (Å²) >= 11 is 0. The lowest BCUT2D eigenvalue weighted by atomic mass is 10.1. The standard InChI is InChI=1S/C26H22O6/c1-16(2)32-26(29)19-5-3-4-17(12-19)14-30-21-10-11-22-24(13-21)31-15-23(25(22)28)18-6-8-20(27)9-7-18/h3-13,15-16,27H,14H2,1-2H3. The number of aromatic hydroxyl groups is 1. The van der Waals surface area contributed by atoms with Crippen LogP contribution in [0.15, 0.2) is 82.2 Å². The molecule has 0 spiro atoms. The van der Waals surface area contributed by atoms with Gasteiger partial charge < -0.3 is 19.0 Å². The van der Waals surface area contributed by atoms with Gasteiger partial charge in [-0.25, -0.2) is 4.79 Å². The SMILES string of the molecule is CC(C)OC(=O)c1cccc(COc2ccc3c(=O)c(-c4ccc(O)cc4)coc3c2)c1. The Morgan fingerprint density at radius 2 is 1.81 bits per heavy atom. The van der Waals surface area contributed by atoms with Crippen LogP contribution in [0.1, 0.15) is 29.8 Å². The average Bonchev–Trinajstić information content (AvgIpc) is 2.78. The summed E-state index contributed by atoms with van der Waals surface area (Å²) in [6.45, 7) is 3.84. The van der Waals surface area contributed by atoms with Crippen molar-refractivity contribution in [3.05, 3.63) is 94.3 Å². The zero-order valence-electron chi connectivity index (χ0n) is 17.7. The average molecular weight is 430 g/mol. The number of hydrogen-bond donors (Lipinski definition) is 1. The van der Waals surface area contributed by atoms with Crippen LogP contribution in [0, 0.1) is 0 Å². The number of carbonyl (C=O) groups excluding carboxylic acids is 1. The molecule has 6 heteroatoms. The predicted molar refractivity (Wildman–Crippen MR) is 121 cm³/mol. The third-order valence-corrected chi connectivity index (χ3v) is 4.84. The van der Waals surface area contributed by atoms with Gasteiger partial charge in [-0.15, -0.1) is 0 Å². The summed E-state index contributed by atoms with van der Waals surface area (Å²) in [7, 11) is 0. The van der Waals surface area contributed by atoms with E-state index in [0.717, 1.165) is 5.56 Å². The molecular formula is C26H22O6. The molecule has 0 aliphatic rings. The highest BCUT2D eigenvalue weighted by Gasteiger charge is 2.12. The van der Waals surface area contributed by atoms with E-state index in [0.29, 0.717) is 33.4 Å². The maximum atomic E-state index is 12.9. The smallest absolute Gasteiger partial charge is 0.338 e. The van der Waals surface area contributed by atoms with Gasteiger partial charge in [-0.3, -0.25) is 4.79 Å². The zero-order valence-corrected chi connectivity index (χ0v) is 17.7. The molecule has 0 unspecified atom stereocenters. The molecule has 0 fully saturated rings. The van der Waals surface area contributed by atoms with Crippen molar-refractivity contribution in [2.24, 2.45) is 0 Å². The fourth-order valence-electron chi connectivity index (χ4n) is 3.28. The van der Waals surface area contributed by atoms with Crippen molar-refractivity contribution in [2.75, 3.05) is 0 Å². The van der Waals surface area contributed by atoms with E-state index in [2.05, 4.69) is 0 Å². The number of carbonyl (C=O) groups is 1. The molecule has 6 nitrogen and oxygen atoms in total. The molecule has 0 aliphatic heterocycles. The number of fused-ring (bicyclic) bond motifs is 1. The third kappa shape index (κ3) is 4.64. The van der Waals surface area contributed by atoms with E-state index in [1.165, 1.54) is 18.4 Å². The van der Waals surface area contributed by atoms with E-state index in [1.807, 2.05) is 6.07 Å². The first-order chi connectivity index (χ1) is 15.4. The zero-order chi connectivity index (χ0) is 22.7. The van der Waals surface area contributed by atoms with E-state index >= 15 is 0 Å². The lowest BCUT2D eigenvalue weighted by Gasteiger charge is -2.10. The molecule has 0 amide bonds. The van der Waals surface area contributed by atoms with Crippen molar-refractivity contribution < 1.29 is 23.8 Å². The van der Waals surface area contributed by atoms with Crippen LogP contribution in [0.25, 0.3) is 22.1 Å². The van der Waals surface area contributed by atoms with Crippen LogP contribution in [0.4, 0.5) is 0 Å². The van der Waals surface area contributed by atoms with Gasteiger partial charge in [0.2, 0.25) is 0 Å². The molecule has 3 aromatic carbocycles. The second-order valence-corrected chi connectivity index (χ2v) is 7.63. The number of benzene rings is 3. The van der Waals surface area contributed by atoms with Crippen molar-refractivity contribution in [3.8, 4) is 22.6 Å². The molecule has 0 atom stereocenters. The molecule has 0 aliphatic carbocycles. The molecule has 0 saturated heterocycles. The Morgan fingerprint density at radius 3 is 2.56 bits per heavy atom. The number of phenolic OH excluding ortho intramolecular Hbond substituents is 1. The Kier molecular flexibility index (Phi) is 5.94. The topological polar surface area (TPSA) is 86.0 Å². The van der Waals surface area contributed by atoms with E-state index in [4.69, 9.17) is 13.9 Å². The van der Waals surface area contributed by atoms with Gasteiger partial charge in [-0.1, -0.05) is 24.3 Å². The fraction of sp³-hybridized carbons (Fsp3) is 0.154. The fourth-order valence-corrected chi connectivity index (χ4v) is 3.28. The maximum Gasteiger partial charge on any atom is 0.338 e. The van der Waals surface area contributed by atoms with Gasteiger partial charge in [-0.2, -0.15) is 0 Å². The largest absolute Gasteiger partial charge is 0.508 e. The van der Waals surface area contributed by atoms with Crippen LogP contribution in [0.3, 0.4) is 0 Å². The molecule has 0 bridgehead atoms. The lowest BCUT2D eigenvalue weighted by Crippen LogP contribution is -2.12. The highest BCUT2D eigenvalue weighted by atomic mass is 16.5. The van der Waals surface area contributed by atoms with Gasteiger partial charge in [-0.05, 0) is 61.4 Å². The van der Waals surface area contributed by atoms with Gasteiger partial charge >= 0.3 is 5.97 Å². The van der Waals surface area contributed by atoms with Crippen molar-refractivity contribution in [1.29, 1.82) is 0 Å². The van der Waals surface area contributed by atoms with Gasteiger partial charge in [0.05, 0.1) is 22.6 Å². The van der Waals surface area contributed by atoms with E-state index < -0.39 is 0 Å². The minimum absolute atomic E-state index is 0.128. The molecule has 1 heterocycles. The summed E-state index contributed by atoms with van der Waals surface area (Å²) < 4.78 is 16.8. The Hall–Kier alpha value is -4.06. The molecule has 32 heavy (non-hydrogen) atoms. The summed E-state index contributed by atoms with van der Waals surface area (Å²) in [6, 6.07) is 18.5. The Balaban J connectivity index is 1.53. The summed E-state index contributed by atoms with van der Waals surface area (Å²) in [6.07, 6.45) is 1.22. The number of esters is 1. The normalized spacial score (nSPS) is 11.0. The van der Waals surface area contributed by atoms with Crippen molar-refractivity contribution in [1.82, 2.24) is 0 Å². The van der Waals surface area contributed by atoms with Crippen LogP contribution in [-0.2, 0) is 11.3 Å². The first kappa shape index (κ1) is 21.2. The summed E-state index contributed by atoms with van der Waals surface area (Å²) in [5.74, 6) is 0.287. The molecule has 1 aromatic heterocycles. The molecule has 162 valence electrons. The molecule has 4 aromatic rings. The van der Waals surface area contributed by atoms with Crippen LogP contribution >= 0.6 is 0 Å². The maximum absolute atomic E-state index is 12.9. The van der Waals surface area contributed by atoms with Crippen molar-refractivity contribution >= 4 is 16.9 Å². The number of phenols is 1. The molecular weight excluding hydrogens is 408 g/mol. The van der Waals surface area contributed by atoms with Crippen LogP contribution in [0.5, 0.6) is 11.5 Å². The summed E-state index contributed by atoms with van der Waals surface area (Å²) in [5.41, 5.74) is 2.59. The van der Waals surface area contributed by atoms with E-state index in [1.54, 1.807) is 62.4 Å². The van der Waals surface area contributed by atoms with Crippen molar-refractivity contribution in [2.45, 2.75) is 26.6 Å².